The first-order valence-electron chi connectivity index (χ1n) is 6.59. The first-order chi connectivity index (χ1) is 9.13. The molecule has 1 aliphatic carbocycles. The molecule has 0 spiro atoms. The largest absolute Gasteiger partial charge is 0.395 e. The van der Waals surface area contributed by atoms with Gasteiger partial charge < -0.3 is 10.0 Å². The fraction of sp³-hybridized carbons (Fsp3) is 0.615. The lowest BCUT2D eigenvalue weighted by molar-refractivity contribution is 0.0629. The molecule has 1 fully saturated rings. The molecule has 2 rings (SSSR count). The van der Waals surface area contributed by atoms with Crippen LogP contribution in [0.1, 0.15) is 36.2 Å². The zero-order chi connectivity index (χ0) is 13.8. The van der Waals surface area contributed by atoms with Crippen molar-refractivity contribution in [3.8, 4) is 0 Å². The maximum Gasteiger partial charge on any atom is 0.274 e. The van der Waals surface area contributed by atoms with Crippen molar-refractivity contribution < 1.29 is 9.90 Å². The van der Waals surface area contributed by atoms with Crippen LogP contribution in [0.5, 0.6) is 0 Å². The number of amides is 1. The molecule has 0 aliphatic heterocycles. The molecule has 0 unspecified atom stereocenters. The van der Waals surface area contributed by atoms with Gasteiger partial charge in [-0.25, -0.2) is 4.68 Å². The number of hydrogen-bond donors (Lipinski definition) is 1. The molecular formula is C13H19N3O3. The van der Waals surface area contributed by atoms with Crippen LogP contribution in [0.2, 0.25) is 0 Å². The number of carbonyl (C=O) groups is 1. The van der Waals surface area contributed by atoms with Gasteiger partial charge in [0.25, 0.3) is 11.5 Å². The van der Waals surface area contributed by atoms with E-state index in [4.69, 9.17) is 5.11 Å². The van der Waals surface area contributed by atoms with E-state index in [1.54, 1.807) is 4.90 Å². The summed E-state index contributed by atoms with van der Waals surface area (Å²) in [5.74, 6) is -0.212. The lowest BCUT2D eigenvalue weighted by Crippen LogP contribution is -2.41. The minimum Gasteiger partial charge on any atom is -0.395 e. The van der Waals surface area contributed by atoms with Gasteiger partial charge in [-0.2, -0.15) is 5.10 Å². The third-order valence-electron chi connectivity index (χ3n) is 3.55. The Balaban J connectivity index is 2.22. The third-order valence-corrected chi connectivity index (χ3v) is 3.55. The summed E-state index contributed by atoms with van der Waals surface area (Å²) < 4.78 is 1.15. The second-order valence-corrected chi connectivity index (χ2v) is 4.84. The second kappa shape index (κ2) is 5.97. The topological polar surface area (TPSA) is 75.4 Å². The van der Waals surface area contributed by atoms with E-state index in [1.165, 1.54) is 19.2 Å². The maximum atomic E-state index is 12.4. The predicted octanol–water partition coefficient (Wildman–Crippen LogP) is 0.157. The average molecular weight is 265 g/mol. The van der Waals surface area contributed by atoms with Crippen molar-refractivity contribution in [3.63, 3.8) is 0 Å². The number of hydrogen-bond acceptors (Lipinski definition) is 4. The van der Waals surface area contributed by atoms with Crippen LogP contribution in [0.25, 0.3) is 0 Å². The number of aromatic nitrogens is 2. The van der Waals surface area contributed by atoms with Crippen LogP contribution in [-0.2, 0) is 7.05 Å². The van der Waals surface area contributed by atoms with Gasteiger partial charge in [0.1, 0.15) is 5.69 Å². The summed E-state index contributed by atoms with van der Waals surface area (Å²) in [7, 11) is 1.52. The average Bonchev–Trinajstić information content (AvgIpc) is 2.92. The highest BCUT2D eigenvalue weighted by molar-refractivity contribution is 5.92. The molecule has 1 N–H and O–H groups in total. The number of aliphatic hydroxyl groups excluding tert-OH is 1. The molecule has 1 aromatic heterocycles. The van der Waals surface area contributed by atoms with Crippen molar-refractivity contribution in [3.05, 3.63) is 28.2 Å². The Morgan fingerprint density at radius 3 is 2.74 bits per heavy atom. The molecule has 0 saturated heterocycles. The summed E-state index contributed by atoms with van der Waals surface area (Å²) in [6.45, 7) is 0.252. The SMILES string of the molecule is Cn1nc(C(=O)N(CCO)C2CCCC2)ccc1=O. The lowest BCUT2D eigenvalue weighted by atomic mass is 10.2. The van der Waals surface area contributed by atoms with Gasteiger partial charge in [0, 0.05) is 25.7 Å². The summed E-state index contributed by atoms with van der Waals surface area (Å²) in [5, 5.41) is 13.1. The maximum absolute atomic E-state index is 12.4. The molecule has 1 saturated carbocycles. The van der Waals surface area contributed by atoms with Gasteiger partial charge >= 0.3 is 0 Å². The molecule has 1 amide bonds. The van der Waals surface area contributed by atoms with E-state index in [-0.39, 0.29) is 29.8 Å². The molecule has 104 valence electrons. The Kier molecular flexibility index (Phi) is 4.31. The highest BCUT2D eigenvalue weighted by atomic mass is 16.3. The van der Waals surface area contributed by atoms with E-state index < -0.39 is 0 Å². The molecule has 1 aliphatic rings. The second-order valence-electron chi connectivity index (χ2n) is 4.84. The Morgan fingerprint density at radius 2 is 2.16 bits per heavy atom. The fourth-order valence-corrected chi connectivity index (χ4v) is 2.54. The molecule has 1 heterocycles. The van der Waals surface area contributed by atoms with Gasteiger partial charge in [-0.3, -0.25) is 9.59 Å². The quantitative estimate of drug-likeness (QED) is 0.841. The normalized spacial score (nSPS) is 15.7. The Bertz CT molecular complexity index is 506. The van der Waals surface area contributed by atoms with Crippen molar-refractivity contribution in [2.75, 3.05) is 13.2 Å². The molecule has 6 heteroatoms. The van der Waals surface area contributed by atoms with E-state index in [0.29, 0.717) is 6.54 Å². The number of aliphatic hydroxyl groups is 1. The molecule has 0 radical (unpaired) electrons. The van der Waals surface area contributed by atoms with E-state index in [0.717, 1.165) is 30.4 Å². The van der Waals surface area contributed by atoms with E-state index in [2.05, 4.69) is 5.10 Å². The minimum atomic E-state index is -0.244. The van der Waals surface area contributed by atoms with Crippen molar-refractivity contribution in [1.29, 1.82) is 0 Å². The number of nitrogens with zero attached hydrogens (tertiary/aromatic N) is 3. The van der Waals surface area contributed by atoms with Crippen LogP contribution in [0.15, 0.2) is 16.9 Å². The summed E-state index contributed by atoms with van der Waals surface area (Å²) >= 11 is 0. The standard InChI is InChI=1S/C13H19N3O3/c1-15-12(18)7-6-11(14-15)13(19)16(8-9-17)10-4-2-3-5-10/h6-7,10,17H,2-5,8-9H2,1H3. The summed E-state index contributed by atoms with van der Waals surface area (Å²) in [6, 6.07) is 2.97. The van der Waals surface area contributed by atoms with E-state index in [9.17, 15) is 9.59 Å². The number of aryl methyl sites for hydroxylation is 1. The summed E-state index contributed by atoms with van der Waals surface area (Å²) in [4.78, 5) is 25.4. The van der Waals surface area contributed by atoms with Gasteiger partial charge in [-0.05, 0) is 18.9 Å². The molecule has 1 aromatic rings. The van der Waals surface area contributed by atoms with Crippen LogP contribution in [0.4, 0.5) is 0 Å². The zero-order valence-corrected chi connectivity index (χ0v) is 11.1. The van der Waals surface area contributed by atoms with E-state index in [1.807, 2.05) is 0 Å². The highest BCUT2D eigenvalue weighted by Gasteiger charge is 2.27. The lowest BCUT2D eigenvalue weighted by Gasteiger charge is -2.28. The van der Waals surface area contributed by atoms with Crippen LogP contribution in [0, 0.1) is 0 Å². The Hall–Kier alpha value is -1.69. The monoisotopic (exact) mass is 265 g/mol. The van der Waals surface area contributed by atoms with Crippen molar-refractivity contribution >= 4 is 5.91 Å². The summed E-state index contributed by atoms with van der Waals surface area (Å²) in [5.41, 5.74) is 0.00794. The predicted molar refractivity (Wildman–Crippen MR) is 69.9 cm³/mol. The minimum absolute atomic E-state index is 0.0615. The number of carbonyl (C=O) groups excluding carboxylic acids is 1. The van der Waals surface area contributed by atoms with Crippen LogP contribution >= 0.6 is 0 Å². The van der Waals surface area contributed by atoms with Crippen molar-refractivity contribution in [1.82, 2.24) is 14.7 Å². The number of rotatable bonds is 4. The Morgan fingerprint density at radius 1 is 1.47 bits per heavy atom. The summed E-state index contributed by atoms with van der Waals surface area (Å²) in [6.07, 6.45) is 4.16. The van der Waals surface area contributed by atoms with Gasteiger partial charge in [-0.15, -0.1) is 0 Å². The third kappa shape index (κ3) is 3.01. The van der Waals surface area contributed by atoms with Gasteiger partial charge in [0.05, 0.1) is 6.61 Å². The molecule has 0 bridgehead atoms. The molecule has 0 aromatic carbocycles. The van der Waals surface area contributed by atoms with Crippen molar-refractivity contribution in [2.24, 2.45) is 7.05 Å². The van der Waals surface area contributed by atoms with Gasteiger partial charge in [0.15, 0.2) is 0 Å². The Labute approximate surface area is 111 Å². The van der Waals surface area contributed by atoms with Crippen LogP contribution in [0.3, 0.4) is 0 Å². The highest BCUT2D eigenvalue weighted by Crippen LogP contribution is 2.24. The first-order valence-corrected chi connectivity index (χ1v) is 6.59. The molecule has 19 heavy (non-hydrogen) atoms. The van der Waals surface area contributed by atoms with Crippen LogP contribution < -0.4 is 5.56 Å². The first kappa shape index (κ1) is 13.7. The zero-order valence-electron chi connectivity index (χ0n) is 11.1. The fourth-order valence-electron chi connectivity index (χ4n) is 2.54. The smallest absolute Gasteiger partial charge is 0.274 e. The molecule has 6 nitrogen and oxygen atoms in total. The molecular weight excluding hydrogens is 246 g/mol. The molecule has 0 atom stereocenters. The van der Waals surface area contributed by atoms with Gasteiger partial charge in [-0.1, -0.05) is 12.8 Å². The van der Waals surface area contributed by atoms with Crippen LogP contribution in [-0.4, -0.2) is 44.9 Å². The van der Waals surface area contributed by atoms with Crippen molar-refractivity contribution in [2.45, 2.75) is 31.7 Å². The van der Waals surface area contributed by atoms with Gasteiger partial charge in [0.2, 0.25) is 0 Å². The van der Waals surface area contributed by atoms with E-state index >= 15 is 0 Å².